The summed E-state index contributed by atoms with van der Waals surface area (Å²) in [4.78, 5) is 3.10. The molecule has 0 amide bonds. The standard InChI is InChI=1S/C19H21FN4O2S.CH4/c20-14-1-4-17-18(11-21-19(17)9-14)13-10-22-24(12-13)15-5-7-23(8-6-15)27(25,26)16-2-3-16;/h1,4,9-12,15-16,21H,2-3,5-8H2;1H4. The van der Waals surface area contributed by atoms with Gasteiger partial charge in [0.05, 0.1) is 17.5 Å². The Balaban J connectivity index is 0.00000192. The number of aromatic amines is 1. The Bertz CT molecular complexity index is 1090. The molecule has 2 aliphatic rings. The molecular formula is C20H25FN4O2S. The molecule has 150 valence electrons. The average Bonchev–Trinajstić information content (AvgIpc) is 3.29. The summed E-state index contributed by atoms with van der Waals surface area (Å²) in [5, 5.41) is 5.33. The minimum atomic E-state index is -3.08. The van der Waals surface area contributed by atoms with Gasteiger partial charge in [0.2, 0.25) is 10.0 Å². The average molecular weight is 405 g/mol. The van der Waals surface area contributed by atoms with E-state index >= 15 is 0 Å². The van der Waals surface area contributed by atoms with Gasteiger partial charge in [0.15, 0.2) is 0 Å². The number of H-pyrrole nitrogens is 1. The van der Waals surface area contributed by atoms with Crippen LogP contribution in [0.25, 0.3) is 22.0 Å². The number of fused-ring (bicyclic) bond motifs is 1. The Labute approximate surface area is 164 Å². The third-order valence-corrected chi connectivity index (χ3v) is 8.06. The van der Waals surface area contributed by atoms with Crippen LogP contribution in [0.1, 0.15) is 39.2 Å². The van der Waals surface area contributed by atoms with Gasteiger partial charge in [-0.1, -0.05) is 7.43 Å². The lowest BCUT2D eigenvalue weighted by Crippen LogP contribution is -2.40. The first-order valence-corrected chi connectivity index (χ1v) is 10.8. The van der Waals surface area contributed by atoms with Crippen LogP contribution >= 0.6 is 0 Å². The first-order chi connectivity index (χ1) is 13.0. The predicted octanol–water partition coefficient (Wildman–Crippen LogP) is 3.94. The van der Waals surface area contributed by atoms with Gasteiger partial charge in [-0.3, -0.25) is 4.68 Å². The summed E-state index contributed by atoms with van der Waals surface area (Å²) in [5.41, 5.74) is 2.72. The summed E-state index contributed by atoms with van der Waals surface area (Å²) in [6, 6.07) is 4.92. The van der Waals surface area contributed by atoms with Crippen LogP contribution in [0.4, 0.5) is 4.39 Å². The van der Waals surface area contributed by atoms with E-state index in [4.69, 9.17) is 0 Å². The van der Waals surface area contributed by atoms with E-state index in [9.17, 15) is 12.8 Å². The zero-order valence-corrected chi connectivity index (χ0v) is 15.6. The fraction of sp³-hybridized carbons (Fsp3) is 0.450. The van der Waals surface area contributed by atoms with Gasteiger partial charge in [0.1, 0.15) is 5.82 Å². The van der Waals surface area contributed by atoms with E-state index in [1.807, 2.05) is 23.3 Å². The molecule has 0 bridgehead atoms. The molecule has 1 aliphatic heterocycles. The molecule has 1 saturated carbocycles. The molecule has 5 rings (SSSR count). The molecule has 1 saturated heterocycles. The second kappa shape index (κ2) is 7.00. The highest BCUT2D eigenvalue weighted by atomic mass is 32.2. The predicted molar refractivity (Wildman–Crippen MR) is 108 cm³/mol. The smallest absolute Gasteiger partial charge is 0.216 e. The van der Waals surface area contributed by atoms with Crippen molar-refractivity contribution in [2.75, 3.05) is 13.1 Å². The summed E-state index contributed by atoms with van der Waals surface area (Å²) in [6.45, 7) is 1.12. The van der Waals surface area contributed by atoms with Crippen LogP contribution in [-0.4, -0.2) is 45.8 Å². The van der Waals surface area contributed by atoms with E-state index in [-0.39, 0.29) is 24.5 Å². The number of rotatable bonds is 4. The second-order valence-electron chi connectivity index (χ2n) is 7.48. The summed E-state index contributed by atoms with van der Waals surface area (Å²) in [5.74, 6) is -0.264. The molecule has 1 aromatic carbocycles. The number of benzene rings is 1. The molecule has 3 aromatic rings. The van der Waals surface area contributed by atoms with Gasteiger partial charge in [0, 0.05) is 47.5 Å². The quantitative estimate of drug-likeness (QED) is 0.716. The number of aromatic nitrogens is 3. The summed E-state index contributed by atoms with van der Waals surface area (Å²) >= 11 is 0. The minimum Gasteiger partial charge on any atom is -0.360 e. The summed E-state index contributed by atoms with van der Waals surface area (Å²) in [7, 11) is -3.08. The van der Waals surface area contributed by atoms with Crippen LogP contribution in [0.15, 0.2) is 36.8 Å². The topological polar surface area (TPSA) is 71.0 Å². The van der Waals surface area contributed by atoms with Crippen molar-refractivity contribution in [2.45, 2.75) is 44.4 Å². The van der Waals surface area contributed by atoms with Crippen LogP contribution in [0, 0.1) is 5.82 Å². The third kappa shape index (κ3) is 3.24. The maximum Gasteiger partial charge on any atom is 0.216 e. The highest BCUT2D eigenvalue weighted by Gasteiger charge is 2.41. The van der Waals surface area contributed by atoms with Crippen molar-refractivity contribution in [3.8, 4) is 11.1 Å². The van der Waals surface area contributed by atoms with Crippen LogP contribution < -0.4 is 0 Å². The lowest BCUT2D eigenvalue weighted by Gasteiger charge is -2.31. The van der Waals surface area contributed by atoms with E-state index in [1.165, 1.54) is 12.1 Å². The van der Waals surface area contributed by atoms with Gasteiger partial charge >= 0.3 is 0 Å². The van der Waals surface area contributed by atoms with E-state index in [2.05, 4.69) is 10.1 Å². The SMILES string of the molecule is C.O=S(=O)(C1CC1)N1CCC(n2cc(-c3c[nH]c4cc(F)ccc34)cn2)CC1. The largest absolute Gasteiger partial charge is 0.360 e. The summed E-state index contributed by atoms with van der Waals surface area (Å²) in [6.07, 6.45) is 8.84. The summed E-state index contributed by atoms with van der Waals surface area (Å²) < 4.78 is 41.7. The fourth-order valence-electron chi connectivity index (χ4n) is 3.95. The molecule has 2 fully saturated rings. The number of nitrogens with zero attached hydrogens (tertiary/aromatic N) is 3. The van der Waals surface area contributed by atoms with Crippen LogP contribution in [0.3, 0.4) is 0 Å². The molecule has 0 radical (unpaired) electrons. The van der Waals surface area contributed by atoms with Crippen LogP contribution in [0.2, 0.25) is 0 Å². The molecule has 6 nitrogen and oxygen atoms in total. The molecule has 0 unspecified atom stereocenters. The Kier molecular flexibility index (Phi) is 4.79. The first-order valence-electron chi connectivity index (χ1n) is 9.32. The van der Waals surface area contributed by atoms with E-state index in [0.29, 0.717) is 13.1 Å². The molecule has 8 heteroatoms. The van der Waals surface area contributed by atoms with Crippen molar-refractivity contribution < 1.29 is 12.8 Å². The highest BCUT2D eigenvalue weighted by Crippen LogP contribution is 2.35. The lowest BCUT2D eigenvalue weighted by molar-refractivity contribution is 0.261. The van der Waals surface area contributed by atoms with E-state index in [0.717, 1.165) is 47.7 Å². The molecular weight excluding hydrogens is 379 g/mol. The van der Waals surface area contributed by atoms with Gasteiger partial charge in [-0.05, 0) is 43.9 Å². The number of piperidine rings is 1. The zero-order valence-electron chi connectivity index (χ0n) is 14.8. The number of nitrogens with one attached hydrogen (secondary N) is 1. The molecule has 0 atom stereocenters. The van der Waals surface area contributed by atoms with Gasteiger partial charge in [-0.25, -0.2) is 17.1 Å². The number of halogens is 1. The minimum absolute atomic E-state index is 0. The molecule has 3 heterocycles. The molecule has 2 aromatic heterocycles. The van der Waals surface area contributed by atoms with Crippen LogP contribution in [0.5, 0.6) is 0 Å². The lowest BCUT2D eigenvalue weighted by atomic mass is 10.1. The number of sulfonamides is 1. The molecule has 0 spiro atoms. The monoisotopic (exact) mass is 404 g/mol. The highest BCUT2D eigenvalue weighted by molar-refractivity contribution is 7.90. The van der Waals surface area contributed by atoms with Crippen molar-refractivity contribution >= 4 is 20.9 Å². The van der Waals surface area contributed by atoms with Crippen LogP contribution in [-0.2, 0) is 10.0 Å². The third-order valence-electron chi connectivity index (χ3n) is 5.66. The van der Waals surface area contributed by atoms with Gasteiger partial charge in [-0.15, -0.1) is 0 Å². The molecule has 1 aliphatic carbocycles. The molecule has 1 N–H and O–H groups in total. The Morgan fingerprint density at radius 2 is 1.89 bits per heavy atom. The maximum absolute atomic E-state index is 13.4. The maximum atomic E-state index is 13.4. The Hall–Kier alpha value is -2.19. The van der Waals surface area contributed by atoms with Crippen molar-refractivity contribution in [2.24, 2.45) is 0 Å². The number of hydrogen-bond acceptors (Lipinski definition) is 3. The number of hydrogen-bond donors (Lipinski definition) is 1. The Morgan fingerprint density at radius 3 is 2.61 bits per heavy atom. The van der Waals surface area contributed by atoms with Gasteiger partial charge < -0.3 is 4.98 Å². The zero-order chi connectivity index (χ0) is 18.6. The fourth-order valence-corrected chi connectivity index (χ4v) is 5.83. The van der Waals surface area contributed by atoms with Gasteiger partial charge in [-0.2, -0.15) is 5.10 Å². The van der Waals surface area contributed by atoms with E-state index < -0.39 is 10.0 Å². The van der Waals surface area contributed by atoms with Crippen molar-refractivity contribution in [3.63, 3.8) is 0 Å². The van der Waals surface area contributed by atoms with Crippen molar-refractivity contribution in [3.05, 3.63) is 42.6 Å². The van der Waals surface area contributed by atoms with Crippen molar-refractivity contribution in [1.82, 2.24) is 19.1 Å². The van der Waals surface area contributed by atoms with Gasteiger partial charge in [0.25, 0.3) is 0 Å². The molecule has 28 heavy (non-hydrogen) atoms. The second-order valence-corrected chi connectivity index (χ2v) is 9.69. The Morgan fingerprint density at radius 1 is 1.14 bits per heavy atom. The normalized spacial score (nSPS) is 19.0. The van der Waals surface area contributed by atoms with Crippen molar-refractivity contribution in [1.29, 1.82) is 0 Å². The first kappa shape index (κ1) is 19.1. The van der Waals surface area contributed by atoms with E-state index in [1.54, 1.807) is 10.4 Å².